The van der Waals surface area contributed by atoms with Crippen LogP contribution in [0.2, 0.25) is 0 Å². The van der Waals surface area contributed by atoms with Gasteiger partial charge in [-0.15, -0.1) is 0 Å². The fourth-order valence-corrected chi connectivity index (χ4v) is 3.21. The molecule has 0 spiro atoms. The highest BCUT2D eigenvalue weighted by atomic mass is 16.5. The molecule has 3 aromatic rings. The smallest absolute Gasteiger partial charge is 0.251 e. The zero-order valence-electron chi connectivity index (χ0n) is 17.9. The molecular weight excluding hydrogens is 390 g/mol. The number of hydrogen-bond acceptors (Lipinski definition) is 4. The van der Waals surface area contributed by atoms with Crippen molar-refractivity contribution in [2.75, 3.05) is 25.2 Å². The SMILES string of the molecule is CCC(=O)N(CCOC)c1ccc(-c2ccc(C(=O)NCc3cccnc3)cc2)cc1. The molecule has 1 N–H and O–H groups in total. The number of nitrogens with one attached hydrogen (secondary N) is 1. The van der Waals surface area contributed by atoms with Gasteiger partial charge in [-0.25, -0.2) is 0 Å². The average Bonchev–Trinajstić information content (AvgIpc) is 2.83. The Labute approximate surface area is 182 Å². The third kappa shape index (κ3) is 5.99. The summed E-state index contributed by atoms with van der Waals surface area (Å²) in [6.45, 7) is 3.29. The molecular formula is C25H27N3O3. The van der Waals surface area contributed by atoms with E-state index in [1.807, 2.05) is 67.6 Å². The monoisotopic (exact) mass is 417 g/mol. The van der Waals surface area contributed by atoms with E-state index in [1.165, 1.54) is 0 Å². The number of aromatic nitrogens is 1. The quantitative estimate of drug-likeness (QED) is 0.570. The van der Waals surface area contributed by atoms with Crippen LogP contribution in [0.4, 0.5) is 5.69 Å². The second-order valence-electron chi connectivity index (χ2n) is 7.06. The maximum Gasteiger partial charge on any atom is 0.251 e. The molecule has 0 saturated heterocycles. The predicted octanol–water partition coefficient (Wildman–Crippen LogP) is 4.07. The molecule has 0 atom stereocenters. The summed E-state index contributed by atoms with van der Waals surface area (Å²) >= 11 is 0. The van der Waals surface area contributed by atoms with Gasteiger partial charge in [-0.3, -0.25) is 14.6 Å². The number of benzene rings is 2. The van der Waals surface area contributed by atoms with Gasteiger partial charge in [-0.05, 0) is 47.0 Å². The largest absolute Gasteiger partial charge is 0.383 e. The number of nitrogens with zero attached hydrogens (tertiary/aromatic N) is 2. The first-order valence-corrected chi connectivity index (χ1v) is 10.3. The molecule has 0 bridgehead atoms. The Morgan fingerprint density at radius 1 is 1.00 bits per heavy atom. The maximum absolute atomic E-state index is 12.4. The second kappa shape index (κ2) is 11.0. The molecule has 6 heteroatoms. The van der Waals surface area contributed by atoms with Crippen molar-refractivity contribution in [1.29, 1.82) is 0 Å². The Hall–Kier alpha value is -3.51. The zero-order valence-corrected chi connectivity index (χ0v) is 17.9. The number of carbonyl (C=O) groups excluding carboxylic acids is 2. The molecule has 0 fully saturated rings. The Bertz CT molecular complexity index is 987. The average molecular weight is 418 g/mol. The van der Waals surface area contributed by atoms with Crippen molar-refractivity contribution in [2.24, 2.45) is 0 Å². The molecule has 3 rings (SSSR count). The molecule has 1 aromatic heterocycles. The summed E-state index contributed by atoms with van der Waals surface area (Å²) in [7, 11) is 1.63. The molecule has 0 saturated carbocycles. The maximum atomic E-state index is 12.4. The fraction of sp³-hybridized carbons (Fsp3) is 0.240. The van der Waals surface area contributed by atoms with Crippen LogP contribution >= 0.6 is 0 Å². The second-order valence-corrected chi connectivity index (χ2v) is 7.06. The summed E-state index contributed by atoms with van der Waals surface area (Å²) in [5.41, 5.74) is 4.42. The number of pyridine rings is 1. The highest BCUT2D eigenvalue weighted by Gasteiger charge is 2.14. The lowest BCUT2D eigenvalue weighted by molar-refractivity contribution is -0.118. The highest BCUT2D eigenvalue weighted by Crippen LogP contribution is 2.24. The minimum absolute atomic E-state index is 0.0615. The molecule has 0 aliphatic heterocycles. The number of ether oxygens (including phenoxy) is 1. The standard InChI is InChI=1S/C25H27N3O3/c1-3-24(29)28(15-16-31-2)23-12-10-21(11-13-23)20-6-8-22(9-7-20)25(30)27-18-19-5-4-14-26-17-19/h4-14,17H,3,15-16,18H2,1-2H3,(H,27,30). The van der Waals surface area contributed by atoms with Crippen LogP contribution in [0.5, 0.6) is 0 Å². The van der Waals surface area contributed by atoms with E-state index in [0.29, 0.717) is 31.7 Å². The van der Waals surface area contributed by atoms with Gasteiger partial charge in [0, 0.05) is 50.3 Å². The minimum atomic E-state index is -0.127. The van der Waals surface area contributed by atoms with Crippen molar-refractivity contribution in [1.82, 2.24) is 10.3 Å². The lowest BCUT2D eigenvalue weighted by Gasteiger charge is -2.22. The van der Waals surface area contributed by atoms with Gasteiger partial charge in [0.25, 0.3) is 5.91 Å². The summed E-state index contributed by atoms with van der Waals surface area (Å²) in [4.78, 5) is 30.4. The van der Waals surface area contributed by atoms with Gasteiger partial charge < -0.3 is 15.0 Å². The lowest BCUT2D eigenvalue weighted by Crippen LogP contribution is -2.33. The van der Waals surface area contributed by atoms with Crippen LogP contribution < -0.4 is 10.2 Å². The van der Waals surface area contributed by atoms with E-state index in [2.05, 4.69) is 10.3 Å². The van der Waals surface area contributed by atoms with E-state index in [1.54, 1.807) is 24.4 Å². The van der Waals surface area contributed by atoms with Crippen molar-refractivity contribution in [2.45, 2.75) is 19.9 Å². The van der Waals surface area contributed by atoms with Crippen LogP contribution in [0.15, 0.2) is 73.1 Å². The third-order valence-electron chi connectivity index (χ3n) is 4.96. The predicted molar refractivity (Wildman–Crippen MR) is 122 cm³/mol. The Morgan fingerprint density at radius 3 is 2.26 bits per heavy atom. The van der Waals surface area contributed by atoms with Gasteiger partial charge in [0.2, 0.25) is 5.91 Å². The van der Waals surface area contributed by atoms with Crippen LogP contribution in [0.1, 0.15) is 29.3 Å². The first-order chi connectivity index (χ1) is 15.1. The highest BCUT2D eigenvalue weighted by molar-refractivity contribution is 5.95. The number of rotatable bonds is 9. The summed E-state index contributed by atoms with van der Waals surface area (Å²) in [5.74, 6) is -0.0657. The number of hydrogen-bond donors (Lipinski definition) is 1. The Kier molecular flexibility index (Phi) is 7.90. The summed E-state index contributed by atoms with van der Waals surface area (Å²) < 4.78 is 5.12. The van der Waals surface area contributed by atoms with E-state index in [4.69, 9.17) is 4.74 Å². The number of carbonyl (C=O) groups is 2. The molecule has 6 nitrogen and oxygen atoms in total. The molecule has 2 aromatic carbocycles. The number of methoxy groups -OCH3 is 1. The van der Waals surface area contributed by atoms with Gasteiger partial charge in [0.05, 0.1) is 6.61 Å². The van der Waals surface area contributed by atoms with Gasteiger partial charge >= 0.3 is 0 Å². The van der Waals surface area contributed by atoms with Gasteiger partial charge in [-0.1, -0.05) is 37.3 Å². The van der Waals surface area contributed by atoms with Crippen molar-refractivity contribution in [3.63, 3.8) is 0 Å². The van der Waals surface area contributed by atoms with E-state index < -0.39 is 0 Å². The van der Waals surface area contributed by atoms with Crippen molar-refractivity contribution < 1.29 is 14.3 Å². The molecule has 1 heterocycles. The summed E-state index contributed by atoms with van der Waals surface area (Å²) in [6, 6.07) is 19.1. The lowest BCUT2D eigenvalue weighted by atomic mass is 10.0. The van der Waals surface area contributed by atoms with Crippen LogP contribution in [0.25, 0.3) is 11.1 Å². The first-order valence-electron chi connectivity index (χ1n) is 10.3. The van der Waals surface area contributed by atoms with Crippen LogP contribution in [-0.4, -0.2) is 37.1 Å². The van der Waals surface area contributed by atoms with Crippen LogP contribution in [-0.2, 0) is 16.1 Å². The zero-order chi connectivity index (χ0) is 22.1. The molecule has 2 amide bonds. The Balaban J connectivity index is 1.66. The normalized spacial score (nSPS) is 10.5. The van der Waals surface area contributed by atoms with E-state index in [9.17, 15) is 9.59 Å². The molecule has 0 aliphatic carbocycles. The van der Waals surface area contributed by atoms with Crippen molar-refractivity contribution >= 4 is 17.5 Å². The topological polar surface area (TPSA) is 71.5 Å². The summed E-state index contributed by atoms with van der Waals surface area (Å²) in [6.07, 6.45) is 3.88. The molecule has 0 unspecified atom stereocenters. The van der Waals surface area contributed by atoms with Crippen LogP contribution in [0.3, 0.4) is 0 Å². The molecule has 0 aliphatic rings. The minimum Gasteiger partial charge on any atom is -0.383 e. The molecule has 31 heavy (non-hydrogen) atoms. The van der Waals surface area contributed by atoms with Gasteiger partial charge in [-0.2, -0.15) is 0 Å². The van der Waals surface area contributed by atoms with E-state index in [0.717, 1.165) is 22.4 Å². The van der Waals surface area contributed by atoms with Crippen molar-refractivity contribution in [3.8, 4) is 11.1 Å². The fourth-order valence-electron chi connectivity index (χ4n) is 3.21. The van der Waals surface area contributed by atoms with E-state index >= 15 is 0 Å². The number of amides is 2. The molecule has 0 radical (unpaired) electrons. The van der Waals surface area contributed by atoms with Gasteiger partial charge in [0.15, 0.2) is 0 Å². The van der Waals surface area contributed by atoms with E-state index in [-0.39, 0.29) is 11.8 Å². The van der Waals surface area contributed by atoms with Crippen LogP contribution in [0, 0.1) is 0 Å². The van der Waals surface area contributed by atoms with Crippen molar-refractivity contribution in [3.05, 3.63) is 84.2 Å². The number of anilines is 1. The first kappa shape index (κ1) is 22.2. The molecule has 160 valence electrons. The summed E-state index contributed by atoms with van der Waals surface area (Å²) in [5, 5.41) is 2.90. The van der Waals surface area contributed by atoms with Gasteiger partial charge in [0.1, 0.15) is 0 Å². The third-order valence-corrected chi connectivity index (χ3v) is 4.96. The Morgan fingerprint density at radius 2 is 1.68 bits per heavy atom.